The molecule has 0 radical (unpaired) electrons. The van der Waals surface area contributed by atoms with Crippen molar-refractivity contribution in [3.05, 3.63) is 0 Å². The van der Waals surface area contributed by atoms with E-state index in [0.717, 1.165) is 0 Å². The molecule has 1 atom stereocenters. The summed E-state index contributed by atoms with van der Waals surface area (Å²) in [5.41, 5.74) is 5.21. The van der Waals surface area contributed by atoms with Crippen LogP contribution in [0, 0.1) is 5.41 Å². The minimum absolute atomic E-state index is 0.00102. The Balaban J connectivity index is 3.98. The quantitative estimate of drug-likeness (QED) is 0.227. The molecule has 12 heavy (non-hydrogen) atoms. The van der Waals surface area contributed by atoms with E-state index >= 15 is 0 Å². The number of amidine groups is 1. The normalized spacial score (nSPS) is 15.8. The largest absolute Gasteiger partial charge is 0.480 e. The van der Waals surface area contributed by atoms with Gasteiger partial charge < -0.3 is 16.2 Å². The average molecular weight is 173 g/mol. The fourth-order valence-corrected chi connectivity index (χ4v) is 0.546. The molecule has 0 amide bonds. The Bertz CT molecular complexity index is 237. The highest BCUT2D eigenvalue weighted by Crippen LogP contribution is 1.92. The Morgan fingerprint density at radius 1 is 1.92 bits per heavy atom. The van der Waals surface area contributed by atoms with Crippen LogP contribution in [0.5, 0.6) is 0 Å². The fraction of sp³-hybridized carbons (Fsp3) is 0.667. The van der Waals surface area contributed by atoms with Crippen molar-refractivity contribution >= 4 is 19.6 Å². The van der Waals surface area contributed by atoms with E-state index in [9.17, 15) is 4.79 Å². The molecule has 5 nitrogen and oxygen atoms in total. The van der Waals surface area contributed by atoms with Gasteiger partial charge in [-0.1, -0.05) is 0 Å². The van der Waals surface area contributed by atoms with Crippen molar-refractivity contribution in [3.63, 3.8) is 0 Å². The summed E-state index contributed by atoms with van der Waals surface area (Å²) in [4.78, 5) is 10.3. The first-order chi connectivity index (χ1) is 6.24. The second-order valence-electron chi connectivity index (χ2n) is 2.41. The predicted molar refractivity (Wildman–Crippen MR) is 49.1 cm³/mol. The van der Waals surface area contributed by atoms with E-state index in [1.54, 1.807) is 0 Å². The van der Waals surface area contributed by atoms with E-state index in [1.165, 1.54) is 7.85 Å². The summed E-state index contributed by atoms with van der Waals surface area (Å²) in [5, 5.41) is 17.8. The molecule has 0 saturated heterocycles. The van der Waals surface area contributed by atoms with Gasteiger partial charge in [-0.3, -0.25) is 10.2 Å². The summed E-state index contributed by atoms with van der Waals surface area (Å²) in [5.74, 6) is -1.15. The molecule has 0 spiro atoms. The molecule has 0 aliphatic carbocycles. The molecular formula is C6H14BN3O2. The standard InChI is InChI=1S/C6H14BN3O2/c7-6(9)10-3-1-2-4(8)5(11)12/h4H,1-3,7-8H2,(H2,9,10)(H,11,12)/t4-/m0/s1/i3D2. The molecule has 0 aliphatic rings. The summed E-state index contributed by atoms with van der Waals surface area (Å²) in [6.45, 7) is -1.78. The van der Waals surface area contributed by atoms with Crippen molar-refractivity contribution in [2.75, 3.05) is 6.50 Å². The van der Waals surface area contributed by atoms with Gasteiger partial charge in [0.25, 0.3) is 0 Å². The van der Waals surface area contributed by atoms with Crippen molar-refractivity contribution in [1.82, 2.24) is 5.32 Å². The zero-order valence-corrected chi connectivity index (χ0v) is 6.92. The molecule has 0 bridgehead atoms. The van der Waals surface area contributed by atoms with E-state index in [0.29, 0.717) is 0 Å². The van der Waals surface area contributed by atoms with Crippen LogP contribution in [0.2, 0.25) is 0 Å². The van der Waals surface area contributed by atoms with Gasteiger partial charge in [0.2, 0.25) is 0 Å². The number of nitrogens with one attached hydrogen (secondary N) is 2. The molecular weight excluding hydrogens is 157 g/mol. The molecule has 0 rings (SSSR count). The average Bonchev–Trinajstić information content (AvgIpc) is 1.97. The number of hydrogen-bond donors (Lipinski definition) is 4. The Hall–Kier alpha value is -1.04. The van der Waals surface area contributed by atoms with Gasteiger partial charge in [-0.2, -0.15) is 0 Å². The van der Waals surface area contributed by atoms with Crippen LogP contribution in [0.15, 0.2) is 0 Å². The number of carboxylic acid groups (broad SMARTS) is 1. The summed E-state index contributed by atoms with van der Waals surface area (Å²) >= 11 is 0. The van der Waals surface area contributed by atoms with Gasteiger partial charge in [-0.15, -0.1) is 0 Å². The third-order valence-electron chi connectivity index (χ3n) is 1.17. The highest BCUT2D eigenvalue weighted by molar-refractivity contribution is 6.57. The molecule has 0 heterocycles. The van der Waals surface area contributed by atoms with Crippen LogP contribution in [-0.2, 0) is 4.79 Å². The van der Waals surface area contributed by atoms with Gasteiger partial charge in [0.1, 0.15) is 6.04 Å². The lowest BCUT2D eigenvalue weighted by Gasteiger charge is -2.06. The van der Waals surface area contributed by atoms with Gasteiger partial charge in [0.15, 0.2) is 7.85 Å². The molecule has 6 heteroatoms. The van der Waals surface area contributed by atoms with Gasteiger partial charge >= 0.3 is 5.97 Å². The maximum atomic E-state index is 10.3. The third-order valence-corrected chi connectivity index (χ3v) is 1.17. The summed E-state index contributed by atoms with van der Waals surface area (Å²) in [7, 11) is 1.41. The third kappa shape index (κ3) is 5.73. The Morgan fingerprint density at radius 2 is 2.50 bits per heavy atom. The second-order valence-corrected chi connectivity index (χ2v) is 2.41. The van der Waals surface area contributed by atoms with Crippen molar-refractivity contribution < 1.29 is 12.6 Å². The van der Waals surface area contributed by atoms with E-state index < -0.39 is 18.5 Å². The van der Waals surface area contributed by atoms with Crippen LogP contribution in [0.1, 0.15) is 15.6 Å². The maximum Gasteiger partial charge on any atom is 0.320 e. The van der Waals surface area contributed by atoms with Crippen LogP contribution in [0.3, 0.4) is 0 Å². The molecule has 5 N–H and O–H groups in total. The molecule has 0 unspecified atom stereocenters. The number of aliphatic carboxylic acids is 1. The lowest BCUT2D eigenvalue weighted by molar-refractivity contribution is -0.138. The van der Waals surface area contributed by atoms with Gasteiger partial charge in [-0.05, 0) is 12.8 Å². The van der Waals surface area contributed by atoms with Crippen LogP contribution < -0.4 is 11.1 Å². The first kappa shape index (κ1) is 7.61. The fourth-order valence-electron chi connectivity index (χ4n) is 0.546. The van der Waals surface area contributed by atoms with Crippen molar-refractivity contribution in [3.8, 4) is 0 Å². The van der Waals surface area contributed by atoms with E-state index in [4.69, 9.17) is 19.0 Å². The molecule has 0 aromatic heterocycles. The maximum absolute atomic E-state index is 10.3. The minimum Gasteiger partial charge on any atom is -0.480 e. The monoisotopic (exact) mass is 173 g/mol. The first-order valence-electron chi connectivity index (χ1n) is 4.56. The smallest absolute Gasteiger partial charge is 0.320 e. The molecule has 0 aliphatic heterocycles. The van der Waals surface area contributed by atoms with Gasteiger partial charge in [0, 0.05) is 15.0 Å². The number of nitrogens with two attached hydrogens (primary N) is 1. The minimum atomic E-state index is -1.78. The van der Waals surface area contributed by atoms with Crippen molar-refractivity contribution in [2.24, 2.45) is 5.73 Å². The van der Waals surface area contributed by atoms with Crippen LogP contribution in [0.25, 0.3) is 0 Å². The summed E-state index contributed by atoms with van der Waals surface area (Å²) in [6, 6.07) is -1.06. The van der Waals surface area contributed by atoms with Gasteiger partial charge in [-0.25, -0.2) is 0 Å². The predicted octanol–water partition coefficient (Wildman–Crippen LogP) is -1.66. The lowest BCUT2D eigenvalue weighted by atomic mass is 10.1. The van der Waals surface area contributed by atoms with Crippen LogP contribution in [0.4, 0.5) is 0 Å². The zero-order valence-electron chi connectivity index (χ0n) is 8.92. The van der Waals surface area contributed by atoms with Gasteiger partial charge in [0.05, 0.1) is 0 Å². The second kappa shape index (κ2) is 5.59. The summed E-state index contributed by atoms with van der Waals surface area (Å²) < 4.78 is 14.7. The number of carboxylic acids is 1. The highest BCUT2D eigenvalue weighted by Gasteiger charge is 2.09. The van der Waals surface area contributed by atoms with Crippen molar-refractivity contribution in [2.45, 2.75) is 18.9 Å². The topological polar surface area (TPSA) is 99.2 Å². The Labute approximate surface area is 75.1 Å². The lowest BCUT2D eigenvalue weighted by Crippen LogP contribution is -2.31. The van der Waals surface area contributed by atoms with Crippen molar-refractivity contribution in [1.29, 1.82) is 5.41 Å². The SMILES string of the molecule is [2H]C([2H])(CC[C@H](N)C(=O)O)NC(B)=N. The molecule has 0 aromatic rings. The molecule has 68 valence electrons. The van der Waals surface area contributed by atoms with E-state index in [2.05, 4.69) is 5.32 Å². The number of carbonyl (C=O) groups is 1. The van der Waals surface area contributed by atoms with E-state index in [1.807, 2.05) is 0 Å². The molecule has 0 fully saturated rings. The van der Waals surface area contributed by atoms with Crippen LogP contribution >= 0.6 is 0 Å². The Kier molecular flexibility index (Phi) is 3.55. The number of rotatable bonds is 5. The first-order valence-corrected chi connectivity index (χ1v) is 3.56. The molecule has 0 saturated carbocycles. The highest BCUT2D eigenvalue weighted by atomic mass is 16.4. The van der Waals surface area contributed by atoms with Crippen LogP contribution in [-0.4, -0.2) is 37.2 Å². The number of hydrogen-bond acceptors (Lipinski definition) is 3. The van der Waals surface area contributed by atoms with E-state index in [-0.39, 0.29) is 18.6 Å². The molecule has 0 aromatic carbocycles. The zero-order chi connectivity index (χ0) is 11.4. The summed E-state index contributed by atoms with van der Waals surface area (Å²) in [6.07, 6.45) is -0.0146. The Morgan fingerprint density at radius 3 is 2.92 bits per heavy atom.